The second kappa shape index (κ2) is 7.66. The van der Waals surface area contributed by atoms with Crippen LogP contribution >= 0.6 is 0 Å². The van der Waals surface area contributed by atoms with Crippen molar-refractivity contribution >= 4 is 10.9 Å². The van der Waals surface area contributed by atoms with Gasteiger partial charge in [-0.15, -0.1) is 0 Å². The Morgan fingerprint density at radius 1 is 1.17 bits per heavy atom. The summed E-state index contributed by atoms with van der Waals surface area (Å²) in [4.78, 5) is 4.61. The highest BCUT2D eigenvalue weighted by Gasteiger charge is 2.32. The van der Waals surface area contributed by atoms with Crippen LogP contribution in [0.3, 0.4) is 0 Å². The fourth-order valence-corrected chi connectivity index (χ4v) is 3.93. The van der Waals surface area contributed by atoms with Gasteiger partial charge in [-0.05, 0) is 48.0 Å². The molecule has 1 saturated heterocycles. The number of likely N-dealkylation sites (N-methyl/N-ethyl adjacent to an activating group) is 1. The van der Waals surface area contributed by atoms with E-state index in [0.717, 1.165) is 26.2 Å². The summed E-state index contributed by atoms with van der Waals surface area (Å²) in [5, 5.41) is 20.1. The molecule has 0 aliphatic carbocycles. The number of nitrogens with zero attached hydrogens (tertiary/aromatic N) is 3. The van der Waals surface area contributed by atoms with Gasteiger partial charge in [0, 0.05) is 58.1 Å². The van der Waals surface area contributed by atoms with Crippen molar-refractivity contribution in [1.29, 1.82) is 0 Å². The maximum atomic E-state index is 9.71. The molecule has 1 aliphatic heterocycles. The van der Waals surface area contributed by atoms with Gasteiger partial charge in [0.15, 0.2) is 0 Å². The summed E-state index contributed by atoms with van der Waals surface area (Å²) in [6.07, 6.45) is 2.10. The highest BCUT2D eigenvalue weighted by atomic mass is 16.3. The van der Waals surface area contributed by atoms with Crippen LogP contribution in [0.15, 0.2) is 30.5 Å². The van der Waals surface area contributed by atoms with Gasteiger partial charge in [0.2, 0.25) is 0 Å². The normalized spacial score (nSPS) is 22.0. The van der Waals surface area contributed by atoms with Gasteiger partial charge >= 0.3 is 0 Å². The Morgan fingerprint density at radius 3 is 2.71 bits per heavy atom. The molecular formula is C19H29N3O2. The van der Waals surface area contributed by atoms with E-state index in [9.17, 15) is 5.11 Å². The van der Waals surface area contributed by atoms with Crippen molar-refractivity contribution in [3.63, 3.8) is 0 Å². The number of aliphatic hydroxyl groups is 2. The van der Waals surface area contributed by atoms with E-state index in [2.05, 4.69) is 51.9 Å². The van der Waals surface area contributed by atoms with E-state index in [1.807, 2.05) is 7.05 Å². The van der Waals surface area contributed by atoms with Crippen molar-refractivity contribution in [2.45, 2.75) is 6.54 Å². The Morgan fingerprint density at radius 2 is 1.96 bits per heavy atom. The second-order valence-electron chi connectivity index (χ2n) is 7.20. The van der Waals surface area contributed by atoms with Crippen LogP contribution in [0.25, 0.3) is 10.9 Å². The number of benzene rings is 1. The molecule has 132 valence electrons. The molecular weight excluding hydrogens is 302 g/mol. The third-order valence-electron chi connectivity index (χ3n) is 5.27. The van der Waals surface area contributed by atoms with Gasteiger partial charge in [-0.3, -0.25) is 4.90 Å². The van der Waals surface area contributed by atoms with Crippen molar-refractivity contribution in [2.75, 3.05) is 46.4 Å². The van der Waals surface area contributed by atoms with Gasteiger partial charge in [-0.25, -0.2) is 0 Å². The van der Waals surface area contributed by atoms with Crippen LogP contribution < -0.4 is 0 Å². The number of aromatic nitrogens is 1. The van der Waals surface area contributed by atoms with Crippen molar-refractivity contribution in [3.05, 3.63) is 36.0 Å². The topological polar surface area (TPSA) is 51.9 Å². The van der Waals surface area contributed by atoms with Crippen LogP contribution in [0.5, 0.6) is 0 Å². The molecule has 0 amide bonds. The van der Waals surface area contributed by atoms with E-state index in [4.69, 9.17) is 5.11 Å². The van der Waals surface area contributed by atoms with Crippen LogP contribution in [0.1, 0.15) is 5.56 Å². The fourth-order valence-electron chi connectivity index (χ4n) is 3.93. The first-order chi connectivity index (χ1) is 11.6. The van der Waals surface area contributed by atoms with E-state index in [0.29, 0.717) is 18.4 Å². The Kier molecular flexibility index (Phi) is 5.56. The Balaban J connectivity index is 1.64. The van der Waals surface area contributed by atoms with Crippen molar-refractivity contribution in [2.24, 2.45) is 18.9 Å². The summed E-state index contributed by atoms with van der Waals surface area (Å²) in [7, 11) is 4.11. The Labute approximate surface area is 144 Å². The third kappa shape index (κ3) is 3.81. The second-order valence-corrected chi connectivity index (χ2v) is 7.20. The van der Waals surface area contributed by atoms with Gasteiger partial charge < -0.3 is 19.7 Å². The minimum atomic E-state index is 0.188. The summed E-state index contributed by atoms with van der Waals surface area (Å²) < 4.78 is 2.14. The first-order valence-corrected chi connectivity index (χ1v) is 8.77. The van der Waals surface area contributed by atoms with Gasteiger partial charge in [0.05, 0.1) is 6.61 Å². The molecule has 2 N–H and O–H groups in total. The van der Waals surface area contributed by atoms with Gasteiger partial charge in [0.25, 0.3) is 0 Å². The lowest BCUT2D eigenvalue weighted by Gasteiger charge is -2.23. The minimum absolute atomic E-state index is 0.188. The lowest BCUT2D eigenvalue weighted by atomic mass is 9.96. The zero-order valence-corrected chi connectivity index (χ0v) is 14.7. The maximum absolute atomic E-state index is 9.71. The summed E-state index contributed by atoms with van der Waals surface area (Å²) >= 11 is 0. The summed E-state index contributed by atoms with van der Waals surface area (Å²) in [5.74, 6) is 0.790. The van der Waals surface area contributed by atoms with E-state index < -0.39 is 0 Å². The SMILES string of the molecule is CN(CCO)C[C@@H]1CN(Cc2ccc3c(ccn3C)c2)C[C@@H]1CO. The maximum Gasteiger partial charge on any atom is 0.0558 e. The molecule has 0 bridgehead atoms. The molecule has 1 aliphatic rings. The number of hydrogen-bond acceptors (Lipinski definition) is 4. The molecule has 5 nitrogen and oxygen atoms in total. The average molecular weight is 331 g/mol. The summed E-state index contributed by atoms with van der Waals surface area (Å²) in [5.41, 5.74) is 2.59. The molecule has 2 heterocycles. The lowest BCUT2D eigenvalue weighted by molar-refractivity contribution is 0.160. The zero-order valence-electron chi connectivity index (χ0n) is 14.7. The van der Waals surface area contributed by atoms with Gasteiger partial charge in [-0.2, -0.15) is 0 Å². The molecule has 5 heteroatoms. The van der Waals surface area contributed by atoms with Gasteiger partial charge in [0.1, 0.15) is 0 Å². The standard InChI is InChI=1S/C19H29N3O2/c1-20(7-8-23)11-17-12-22(13-18(17)14-24)10-15-3-4-19-16(9-15)5-6-21(19)2/h3-6,9,17-18,23-24H,7-8,10-14H2,1-2H3/t17-,18-/m1/s1. The molecule has 1 fully saturated rings. The number of aryl methyl sites for hydroxylation is 1. The van der Waals surface area contributed by atoms with Crippen molar-refractivity contribution in [1.82, 2.24) is 14.4 Å². The summed E-state index contributed by atoms with van der Waals surface area (Å²) in [6.45, 7) is 4.94. The van der Waals surface area contributed by atoms with Crippen LogP contribution in [0.2, 0.25) is 0 Å². The Hall–Kier alpha value is -1.40. The van der Waals surface area contributed by atoms with Crippen LogP contribution in [0, 0.1) is 11.8 Å². The number of aliphatic hydroxyl groups excluding tert-OH is 2. The predicted octanol–water partition coefficient (Wildman–Crippen LogP) is 1.14. The molecule has 0 saturated carbocycles. The minimum Gasteiger partial charge on any atom is -0.396 e. The number of rotatable bonds is 7. The van der Waals surface area contributed by atoms with E-state index in [1.54, 1.807) is 0 Å². The molecule has 3 rings (SSSR count). The highest BCUT2D eigenvalue weighted by Crippen LogP contribution is 2.26. The molecule has 2 atom stereocenters. The van der Waals surface area contributed by atoms with Crippen LogP contribution in [0.4, 0.5) is 0 Å². The van der Waals surface area contributed by atoms with E-state index >= 15 is 0 Å². The molecule has 24 heavy (non-hydrogen) atoms. The summed E-state index contributed by atoms with van der Waals surface area (Å²) in [6, 6.07) is 8.83. The zero-order chi connectivity index (χ0) is 17.1. The number of hydrogen-bond donors (Lipinski definition) is 2. The highest BCUT2D eigenvalue weighted by molar-refractivity contribution is 5.80. The largest absolute Gasteiger partial charge is 0.396 e. The van der Waals surface area contributed by atoms with Crippen LogP contribution in [-0.2, 0) is 13.6 Å². The molecule has 0 radical (unpaired) electrons. The van der Waals surface area contributed by atoms with E-state index in [-0.39, 0.29) is 13.2 Å². The van der Waals surface area contributed by atoms with E-state index in [1.165, 1.54) is 16.5 Å². The molecule has 0 unspecified atom stereocenters. The first-order valence-electron chi connectivity index (χ1n) is 8.77. The van der Waals surface area contributed by atoms with Crippen LogP contribution in [-0.4, -0.2) is 71.0 Å². The first kappa shape index (κ1) is 17.4. The lowest BCUT2D eigenvalue weighted by Crippen LogP contribution is -2.32. The molecule has 1 aromatic carbocycles. The quantitative estimate of drug-likeness (QED) is 0.799. The predicted molar refractivity (Wildman–Crippen MR) is 96.8 cm³/mol. The van der Waals surface area contributed by atoms with Crippen molar-refractivity contribution < 1.29 is 10.2 Å². The monoisotopic (exact) mass is 331 g/mol. The average Bonchev–Trinajstić information content (AvgIpc) is 3.11. The molecule has 1 aromatic heterocycles. The third-order valence-corrected chi connectivity index (χ3v) is 5.27. The molecule has 2 aromatic rings. The number of likely N-dealkylation sites (tertiary alicyclic amines) is 1. The van der Waals surface area contributed by atoms with Gasteiger partial charge in [-0.1, -0.05) is 6.07 Å². The molecule has 0 spiro atoms. The number of fused-ring (bicyclic) bond motifs is 1. The van der Waals surface area contributed by atoms with Crippen molar-refractivity contribution in [3.8, 4) is 0 Å². The smallest absolute Gasteiger partial charge is 0.0558 e. The Bertz CT molecular complexity index is 670. The fraction of sp³-hybridized carbons (Fsp3) is 0.579.